The van der Waals surface area contributed by atoms with Crippen molar-refractivity contribution in [3.63, 3.8) is 0 Å². The third kappa shape index (κ3) is 4.16. The van der Waals surface area contributed by atoms with Crippen LogP contribution in [0.15, 0.2) is 61.1 Å². The van der Waals surface area contributed by atoms with Gasteiger partial charge < -0.3 is 9.80 Å². The van der Waals surface area contributed by atoms with Gasteiger partial charge in [-0.05, 0) is 62.8 Å². The minimum absolute atomic E-state index is 0.0458. The minimum Gasteiger partial charge on any atom is -0.356 e. The number of pyridine rings is 1. The van der Waals surface area contributed by atoms with Gasteiger partial charge in [-0.15, -0.1) is 0 Å². The number of piperidine rings is 1. The molecule has 0 radical (unpaired) electrons. The lowest BCUT2D eigenvalue weighted by molar-refractivity contribution is 0.0605. The zero-order chi connectivity index (χ0) is 23.8. The molecule has 2 aliphatic rings. The second kappa shape index (κ2) is 9.13. The lowest BCUT2D eigenvalue weighted by Crippen LogP contribution is -2.38. The fraction of sp³-hybridized carbons (Fsp3) is 0.357. The first-order valence-electron chi connectivity index (χ1n) is 12.6. The van der Waals surface area contributed by atoms with Crippen molar-refractivity contribution in [1.29, 1.82) is 0 Å². The molecule has 2 aliphatic heterocycles. The van der Waals surface area contributed by atoms with Gasteiger partial charge in [-0.25, -0.2) is 9.50 Å². The molecule has 5 heterocycles. The number of carbonyl (C=O) groups is 1. The number of aromatic nitrogens is 4. The number of aryl methyl sites for hydroxylation is 1. The Kier molecular flexibility index (Phi) is 5.68. The van der Waals surface area contributed by atoms with E-state index in [1.807, 2.05) is 52.0 Å². The van der Waals surface area contributed by atoms with E-state index in [0.29, 0.717) is 5.56 Å². The van der Waals surface area contributed by atoms with Gasteiger partial charge in [0, 0.05) is 61.0 Å². The van der Waals surface area contributed by atoms with Crippen LogP contribution in [0.4, 0.5) is 5.82 Å². The number of amides is 1. The van der Waals surface area contributed by atoms with Crippen molar-refractivity contribution in [2.75, 3.05) is 24.5 Å². The Morgan fingerprint density at radius 3 is 2.63 bits per heavy atom. The second-order valence-corrected chi connectivity index (χ2v) is 9.65. The summed E-state index contributed by atoms with van der Waals surface area (Å²) >= 11 is 0. The largest absolute Gasteiger partial charge is 0.356 e. The fourth-order valence-corrected chi connectivity index (χ4v) is 5.44. The molecule has 2 fully saturated rings. The van der Waals surface area contributed by atoms with E-state index >= 15 is 0 Å². The Bertz CT molecular complexity index is 1360. The Morgan fingerprint density at radius 2 is 1.80 bits per heavy atom. The third-order valence-electron chi connectivity index (χ3n) is 7.24. The summed E-state index contributed by atoms with van der Waals surface area (Å²) in [6.45, 7) is 4.97. The van der Waals surface area contributed by atoms with E-state index in [0.717, 1.165) is 72.7 Å². The number of hydrogen-bond acceptors (Lipinski definition) is 5. The molecule has 1 aromatic carbocycles. The highest BCUT2D eigenvalue weighted by molar-refractivity contribution is 5.95. The lowest BCUT2D eigenvalue weighted by Gasteiger charge is -2.34. The number of hydrogen-bond donors (Lipinski definition) is 0. The molecule has 7 heteroatoms. The highest BCUT2D eigenvalue weighted by atomic mass is 16.2. The molecule has 178 valence electrons. The SMILES string of the molecule is Cc1cn2nc(C3CCCCN3C(=O)c3cccc(-c4cccnc4)c3)cc2nc1N1CCCC1. The topological polar surface area (TPSA) is 66.6 Å². The lowest BCUT2D eigenvalue weighted by atomic mass is 9.97. The zero-order valence-corrected chi connectivity index (χ0v) is 20.1. The van der Waals surface area contributed by atoms with Crippen LogP contribution >= 0.6 is 0 Å². The van der Waals surface area contributed by atoms with Crippen LogP contribution < -0.4 is 4.90 Å². The maximum absolute atomic E-state index is 13.7. The van der Waals surface area contributed by atoms with Crippen molar-refractivity contribution in [2.24, 2.45) is 0 Å². The molecular formula is C28H30N6O. The van der Waals surface area contributed by atoms with Crippen molar-refractivity contribution in [3.05, 3.63) is 77.9 Å². The predicted octanol–water partition coefficient (Wildman–Crippen LogP) is 5.07. The van der Waals surface area contributed by atoms with E-state index in [2.05, 4.69) is 29.1 Å². The molecule has 1 atom stereocenters. The summed E-state index contributed by atoms with van der Waals surface area (Å²) in [5, 5.41) is 4.89. The fourth-order valence-electron chi connectivity index (χ4n) is 5.44. The van der Waals surface area contributed by atoms with Crippen molar-refractivity contribution in [3.8, 4) is 11.1 Å². The molecule has 6 rings (SSSR count). The Labute approximate surface area is 205 Å². The molecule has 1 unspecified atom stereocenters. The Hall–Kier alpha value is -3.74. The molecule has 0 spiro atoms. The molecule has 2 saturated heterocycles. The van der Waals surface area contributed by atoms with Gasteiger partial charge in [-0.2, -0.15) is 5.10 Å². The summed E-state index contributed by atoms with van der Waals surface area (Å²) in [7, 11) is 0. The molecule has 7 nitrogen and oxygen atoms in total. The number of fused-ring (bicyclic) bond motifs is 1. The molecule has 0 saturated carbocycles. The third-order valence-corrected chi connectivity index (χ3v) is 7.24. The van der Waals surface area contributed by atoms with Gasteiger partial charge in [0.25, 0.3) is 5.91 Å². The van der Waals surface area contributed by atoms with Gasteiger partial charge in [0.05, 0.1) is 11.7 Å². The summed E-state index contributed by atoms with van der Waals surface area (Å²) in [6, 6.07) is 13.8. The molecule has 0 aliphatic carbocycles. The first-order chi connectivity index (χ1) is 17.2. The van der Waals surface area contributed by atoms with Crippen LogP contribution in [0.2, 0.25) is 0 Å². The van der Waals surface area contributed by atoms with E-state index in [1.165, 1.54) is 12.8 Å². The second-order valence-electron chi connectivity index (χ2n) is 9.65. The number of rotatable bonds is 4. The van der Waals surface area contributed by atoms with Gasteiger partial charge in [-0.1, -0.05) is 18.2 Å². The van der Waals surface area contributed by atoms with Crippen molar-refractivity contribution >= 4 is 17.4 Å². The summed E-state index contributed by atoms with van der Waals surface area (Å²) < 4.78 is 1.88. The maximum Gasteiger partial charge on any atom is 0.254 e. The summed E-state index contributed by atoms with van der Waals surface area (Å²) in [4.78, 5) is 27.3. The van der Waals surface area contributed by atoms with Crippen LogP contribution in [0.25, 0.3) is 16.8 Å². The number of benzene rings is 1. The van der Waals surface area contributed by atoms with E-state index in [9.17, 15) is 4.79 Å². The minimum atomic E-state index is -0.0458. The first kappa shape index (κ1) is 21.8. The van der Waals surface area contributed by atoms with Crippen LogP contribution in [0.5, 0.6) is 0 Å². The normalized spacial score (nSPS) is 18.4. The summed E-state index contributed by atoms with van der Waals surface area (Å²) in [5.74, 6) is 1.12. The van der Waals surface area contributed by atoms with Crippen LogP contribution in [-0.4, -0.2) is 50.0 Å². The average Bonchev–Trinajstić information content (AvgIpc) is 3.58. The predicted molar refractivity (Wildman–Crippen MR) is 136 cm³/mol. The summed E-state index contributed by atoms with van der Waals surface area (Å²) in [5.41, 5.74) is 5.62. The van der Waals surface area contributed by atoms with Gasteiger partial charge >= 0.3 is 0 Å². The van der Waals surface area contributed by atoms with E-state index in [-0.39, 0.29) is 11.9 Å². The number of carbonyl (C=O) groups excluding carboxylic acids is 1. The highest BCUT2D eigenvalue weighted by Gasteiger charge is 2.31. The van der Waals surface area contributed by atoms with E-state index in [4.69, 9.17) is 10.1 Å². The number of likely N-dealkylation sites (tertiary alicyclic amines) is 1. The smallest absolute Gasteiger partial charge is 0.254 e. The molecule has 0 N–H and O–H groups in total. The van der Waals surface area contributed by atoms with Crippen molar-refractivity contribution in [1.82, 2.24) is 24.5 Å². The monoisotopic (exact) mass is 466 g/mol. The average molecular weight is 467 g/mol. The molecule has 3 aromatic heterocycles. The first-order valence-corrected chi connectivity index (χ1v) is 12.6. The molecule has 0 bridgehead atoms. The maximum atomic E-state index is 13.7. The summed E-state index contributed by atoms with van der Waals surface area (Å²) in [6.07, 6.45) is 11.1. The van der Waals surface area contributed by atoms with Crippen LogP contribution in [0.1, 0.15) is 59.8 Å². The van der Waals surface area contributed by atoms with Crippen LogP contribution in [-0.2, 0) is 0 Å². The molecule has 4 aromatic rings. The Morgan fingerprint density at radius 1 is 0.971 bits per heavy atom. The standard InChI is InChI=1S/C28H30N6O/c1-20-19-34-26(30-27(20)32-13-4-5-14-32)17-24(31-34)25-11-2-3-15-33(25)28(35)22-9-6-8-21(16-22)23-10-7-12-29-18-23/h6-10,12,16-19,25H,2-5,11,13-15H2,1H3. The van der Waals surface area contributed by atoms with Crippen molar-refractivity contribution in [2.45, 2.75) is 45.1 Å². The number of anilines is 1. The van der Waals surface area contributed by atoms with Crippen LogP contribution in [0, 0.1) is 6.92 Å². The zero-order valence-electron chi connectivity index (χ0n) is 20.1. The highest BCUT2D eigenvalue weighted by Crippen LogP contribution is 2.33. The van der Waals surface area contributed by atoms with E-state index < -0.39 is 0 Å². The molecule has 1 amide bonds. The molecule has 35 heavy (non-hydrogen) atoms. The van der Waals surface area contributed by atoms with Gasteiger partial charge in [-0.3, -0.25) is 9.78 Å². The number of nitrogens with zero attached hydrogens (tertiary/aromatic N) is 6. The van der Waals surface area contributed by atoms with Crippen LogP contribution in [0.3, 0.4) is 0 Å². The van der Waals surface area contributed by atoms with Gasteiger partial charge in [0.1, 0.15) is 5.82 Å². The van der Waals surface area contributed by atoms with E-state index in [1.54, 1.807) is 6.20 Å². The molecular weight excluding hydrogens is 436 g/mol. The quantitative estimate of drug-likeness (QED) is 0.420. The Balaban J connectivity index is 1.31. The van der Waals surface area contributed by atoms with Crippen molar-refractivity contribution < 1.29 is 4.79 Å². The van der Waals surface area contributed by atoms with Gasteiger partial charge in [0.2, 0.25) is 0 Å². The van der Waals surface area contributed by atoms with Gasteiger partial charge in [0.15, 0.2) is 5.65 Å².